The highest BCUT2D eigenvalue weighted by Crippen LogP contribution is 2.31. The Bertz CT molecular complexity index is 706. The Labute approximate surface area is 151 Å². The Hall–Kier alpha value is -2.01. The fraction of sp³-hybridized carbons (Fsp3) is 0.316. The molecule has 1 N–H and O–H groups in total. The predicted molar refractivity (Wildman–Crippen MR) is 100.0 cm³/mol. The van der Waals surface area contributed by atoms with Crippen LogP contribution in [0.15, 0.2) is 46.9 Å². The molecule has 0 atom stereocenters. The first-order chi connectivity index (χ1) is 11.3. The second-order valence-corrected chi connectivity index (χ2v) is 7.37. The third-order valence-corrected chi connectivity index (χ3v) is 4.05. The van der Waals surface area contributed by atoms with E-state index in [-0.39, 0.29) is 17.9 Å². The molecule has 0 heterocycles. The smallest absolute Gasteiger partial charge is 0.262 e. The number of amides is 1. The van der Waals surface area contributed by atoms with Gasteiger partial charge in [-0.05, 0) is 47.4 Å². The minimum absolute atomic E-state index is 0.0142. The van der Waals surface area contributed by atoms with Crippen molar-refractivity contribution in [2.45, 2.75) is 26.2 Å². The second-order valence-electron chi connectivity index (χ2n) is 6.46. The lowest BCUT2D eigenvalue weighted by Crippen LogP contribution is -2.21. The number of ether oxygens (including phenoxy) is 2. The zero-order chi connectivity index (χ0) is 17.7. The van der Waals surface area contributed by atoms with Gasteiger partial charge in [0.25, 0.3) is 5.91 Å². The number of nitrogens with one attached hydrogen (secondary N) is 1. The molecule has 0 fully saturated rings. The third kappa shape index (κ3) is 4.99. The van der Waals surface area contributed by atoms with Crippen LogP contribution < -0.4 is 14.8 Å². The van der Waals surface area contributed by atoms with E-state index in [1.54, 1.807) is 19.2 Å². The van der Waals surface area contributed by atoms with Crippen molar-refractivity contribution in [3.8, 4) is 11.5 Å². The van der Waals surface area contributed by atoms with Crippen LogP contribution in [0.3, 0.4) is 0 Å². The highest BCUT2D eigenvalue weighted by molar-refractivity contribution is 9.10. The largest absolute Gasteiger partial charge is 0.495 e. The first kappa shape index (κ1) is 18.3. The lowest BCUT2D eigenvalue weighted by molar-refractivity contribution is -0.118. The Morgan fingerprint density at radius 3 is 2.38 bits per heavy atom. The van der Waals surface area contributed by atoms with Gasteiger partial charge in [-0.15, -0.1) is 0 Å². The molecule has 0 aliphatic heterocycles. The van der Waals surface area contributed by atoms with Gasteiger partial charge in [0.15, 0.2) is 6.61 Å². The molecule has 0 bridgehead atoms. The van der Waals surface area contributed by atoms with Crippen LogP contribution in [0, 0.1) is 0 Å². The highest BCUT2D eigenvalue weighted by atomic mass is 79.9. The molecule has 5 heteroatoms. The fourth-order valence-electron chi connectivity index (χ4n) is 2.14. The standard InChI is InChI=1S/C19H22BrNO3/c1-19(2,3)13-5-10-17(23-4)16(11-13)21-18(22)12-24-15-8-6-14(20)7-9-15/h5-11H,12H2,1-4H3,(H,21,22). The summed E-state index contributed by atoms with van der Waals surface area (Å²) in [7, 11) is 1.58. The van der Waals surface area contributed by atoms with Crippen LogP contribution in [0.25, 0.3) is 0 Å². The van der Waals surface area contributed by atoms with Crippen molar-refractivity contribution in [2.75, 3.05) is 19.0 Å². The van der Waals surface area contributed by atoms with Gasteiger partial charge in [0, 0.05) is 4.47 Å². The summed E-state index contributed by atoms with van der Waals surface area (Å²) in [6.45, 7) is 6.30. The number of anilines is 1. The van der Waals surface area contributed by atoms with E-state index in [9.17, 15) is 4.79 Å². The molecule has 4 nitrogen and oxygen atoms in total. The van der Waals surface area contributed by atoms with Crippen LogP contribution in [0.5, 0.6) is 11.5 Å². The molecule has 0 saturated carbocycles. The number of halogens is 1. The average Bonchev–Trinajstić information content (AvgIpc) is 2.53. The topological polar surface area (TPSA) is 47.6 Å². The first-order valence-electron chi connectivity index (χ1n) is 7.66. The molecular formula is C19H22BrNO3. The SMILES string of the molecule is COc1ccc(C(C)(C)C)cc1NC(=O)COc1ccc(Br)cc1. The van der Waals surface area contributed by atoms with E-state index in [4.69, 9.17) is 9.47 Å². The fourth-order valence-corrected chi connectivity index (χ4v) is 2.40. The summed E-state index contributed by atoms with van der Waals surface area (Å²) in [4.78, 5) is 12.2. The molecule has 0 spiro atoms. The number of benzene rings is 2. The van der Waals surface area contributed by atoms with E-state index in [0.29, 0.717) is 17.2 Å². The zero-order valence-electron chi connectivity index (χ0n) is 14.4. The van der Waals surface area contributed by atoms with Crippen LogP contribution in [0.4, 0.5) is 5.69 Å². The van der Waals surface area contributed by atoms with Crippen molar-refractivity contribution in [1.29, 1.82) is 0 Å². The summed E-state index contributed by atoms with van der Waals surface area (Å²) in [5.74, 6) is 1.03. The Morgan fingerprint density at radius 2 is 1.79 bits per heavy atom. The minimum atomic E-state index is -0.234. The average molecular weight is 392 g/mol. The van der Waals surface area contributed by atoms with E-state index in [0.717, 1.165) is 10.0 Å². The Kier molecular flexibility index (Phi) is 5.89. The van der Waals surface area contributed by atoms with Gasteiger partial charge in [0.05, 0.1) is 12.8 Å². The summed E-state index contributed by atoms with van der Waals surface area (Å²) >= 11 is 3.36. The minimum Gasteiger partial charge on any atom is -0.495 e. The quantitative estimate of drug-likeness (QED) is 0.797. The van der Waals surface area contributed by atoms with Crippen molar-refractivity contribution in [2.24, 2.45) is 0 Å². The molecule has 0 aliphatic carbocycles. The number of rotatable bonds is 5. The van der Waals surface area contributed by atoms with E-state index in [1.165, 1.54) is 0 Å². The maximum absolute atomic E-state index is 12.2. The Morgan fingerprint density at radius 1 is 1.12 bits per heavy atom. The first-order valence-corrected chi connectivity index (χ1v) is 8.45. The molecule has 0 aromatic heterocycles. The maximum atomic E-state index is 12.2. The van der Waals surface area contributed by atoms with Crippen LogP contribution in [0.2, 0.25) is 0 Å². The third-order valence-electron chi connectivity index (χ3n) is 3.52. The van der Waals surface area contributed by atoms with Gasteiger partial charge in [-0.2, -0.15) is 0 Å². The van der Waals surface area contributed by atoms with Gasteiger partial charge in [0.1, 0.15) is 11.5 Å². The molecule has 0 radical (unpaired) electrons. The molecule has 2 rings (SSSR count). The van der Waals surface area contributed by atoms with Gasteiger partial charge in [0.2, 0.25) is 0 Å². The summed E-state index contributed by atoms with van der Waals surface area (Å²) in [5.41, 5.74) is 1.75. The summed E-state index contributed by atoms with van der Waals surface area (Å²) < 4.78 is 11.8. The van der Waals surface area contributed by atoms with Crippen molar-refractivity contribution >= 4 is 27.5 Å². The van der Waals surface area contributed by atoms with Crippen LogP contribution in [-0.2, 0) is 10.2 Å². The highest BCUT2D eigenvalue weighted by Gasteiger charge is 2.17. The van der Waals surface area contributed by atoms with Gasteiger partial charge in [-0.1, -0.05) is 42.8 Å². The number of carbonyl (C=O) groups excluding carboxylic acids is 1. The van der Waals surface area contributed by atoms with Crippen molar-refractivity contribution in [1.82, 2.24) is 0 Å². The Balaban J connectivity index is 2.05. The van der Waals surface area contributed by atoms with E-state index >= 15 is 0 Å². The molecule has 0 aliphatic rings. The molecule has 24 heavy (non-hydrogen) atoms. The number of hydrogen-bond donors (Lipinski definition) is 1. The zero-order valence-corrected chi connectivity index (χ0v) is 15.9. The van der Waals surface area contributed by atoms with Crippen molar-refractivity contribution in [3.05, 3.63) is 52.5 Å². The van der Waals surface area contributed by atoms with Crippen LogP contribution >= 0.6 is 15.9 Å². The van der Waals surface area contributed by atoms with Crippen LogP contribution in [0.1, 0.15) is 26.3 Å². The number of carbonyl (C=O) groups is 1. The molecule has 2 aromatic rings. The molecular weight excluding hydrogens is 370 g/mol. The van der Waals surface area contributed by atoms with E-state index in [1.807, 2.05) is 30.3 Å². The number of methoxy groups -OCH3 is 1. The van der Waals surface area contributed by atoms with E-state index < -0.39 is 0 Å². The molecule has 1 amide bonds. The van der Waals surface area contributed by atoms with Crippen molar-refractivity contribution in [3.63, 3.8) is 0 Å². The molecule has 2 aromatic carbocycles. The van der Waals surface area contributed by atoms with E-state index in [2.05, 4.69) is 42.0 Å². The van der Waals surface area contributed by atoms with Crippen LogP contribution in [-0.4, -0.2) is 19.6 Å². The lowest BCUT2D eigenvalue weighted by Gasteiger charge is -2.21. The van der Waals surface area contributed by atoms with Gasteiger partial charge in [-0.25, -0.2) is 0 Å². The second kappa shape index (κ2) is 7.71. The predicted octanol–water partition coefficient (Wildman–Crippen LogP) is 4.77. The van der Waals surface area contributed by atoms with Gasteiger partial charge >= 0.3 is 0 Å². The monoisotopic (exact) mass is 391 g/mol. The van der Waals surface area contributed by atoms with Crippen molar-refractivity contribution < 1.29 is 14.3 Å². The normalized spacial score (nSPS) is 11.0. The summed E-state index contributed by atoms with van der Waals surface area (Å²) in [6.07, 6.45) is 0. The lowest BCUT2D eigenvalue weighted by atomic mass is 9.87. The summed E-state index contributed by atoms with van der Waals surface area (Å²) in [6, 6.07) is 13.2. The maximum Gasteiger partial charge on any atom is 0.262 e. The number of hydrogen-bond acceptors (Lipinski definition) is 3. The molecule has 0 unspecified atom stereocenters. The molecule has 128 valence electrons. The summed E-state index contributed by atoms with van der Waals surface area (Å²) in [5, 5.41) is 2.86. The van der Waals surface area contributed by atoms with Gasteiger partial charge < -0.3 is 14.8 Å². The molecule has 0 saturated heterocycles. The van der Waals surface area contributed by atoms with Gasteiger partial charge in [-0.3, -0.25) is 4.79 Å².